The molecule has 0 spiro atoms. The molecule has 1 amide bonds. The van der Waals surface area contributed by atoms with Crippen molar-refractivity contribution in [3.8, 4) is 0 Å². The third-order valence-corrected chi connectivity index (χ3v) is 5.66. The lowest BCUT2D eigenvalue weighted by Gasteiger charge is -2.36. The highest BCUT2D eigenvalue weighted by atomic mass is 35.5. The monoisotopic (exact) mass is 454 g/mol. The molecule has 1 N–H and O–H groups in total. The van der Waals surface area contributed by atoms with Crippen LogP contribution in [-0.2, 0) is 0 Å². The first-order valence-electron chi connectivity index (χ1n) is 10.2. The Morgan fingerprint density at radius 3 is 2.47 bits per heavy atom. The van der Waals surface area contributed by atoms with Gasteiger partial charge in [0.05, 0.1) is 11.6 Å². The van der Waals surface area contributed by atoms with Crippen LogP contribution in [0.3, 0.4) is 0 Å². The van der Waals surface area contributed by atoms with Crippen molar-refractivity contribution >= 4 is 36.5 Å². The first-order chi connectivity index (χ1) is 13.7. The van der Waals surface area contributed by atoms with Crippen LogP contribution in [0.15, 0.2) is 42.6 Å². The lowest BCUT2D eigenvalue weighted by molar-refractivity contribution is 0.0633. The Kier molecular flexibility index (Phi) is 9.34. The van der Waals surface area contributed by atoms with E-state index in [0.717, 1.165) is 31.0 Å². The van der Waals surface area contributed by atoms with Crippen molar-refractivity contribution in [1.29, 1.82) is 0 Å². The first-order valence-corrected chi connectivity index (χ1v) is 10.2. The smallest absolute Gasteiger partial charge is 0.256 e. The SMILES string of the molecule is Cl.Cl.O=C(c1ccc(N2CCCCCC2)nc1)N1CCNCC1c1cccc(F)c1. The maximum atomic E-state index is 13.7. The number of amides is 1. The average Bonchev–Trinajstić information content (AvgIpc) is 3.03. The van der Waals surface area contributed by atoms with Crippen molar-refractivity contribution in [1.82, 2.24) is 15.2 Å². The number of nitrogens with one attached hydrogen (secondary N) is 1. The molecular weight excluding hydrogens is 426 g/mol. The van der Waals surface area contributed by atoms with Crippen LogP contribution in [0.5, 0.6) is 0 Å². The van der Waals surface area contributed by atoms with Gasteiger partial charge in [0.15, 0.2) is 0 Å². The molecule has 0 aliphatic carbocycles. The number of hydrogen-bond donors (Lipinski definition) is 1. The molecule has 2 fully saturated rings. The number of anilines is 1. The summed E-state index contributed by atoms with van der Waals surface area (Å²) in [4.78, 5) is 21.9. The molecule has 1 unspecified atom stereocenters. The van der Waals surface area contributed by atoms with Crippen LogP contribution in [0.1, 0.15) is 47.6 Å². The van der Waals surface area contributed by atoms with Crippen LogP contribution >= 0.6 is 24.8 Å². The quantitative estimate of drug-likeness (QED) is 0.753. The van der Waals surface area contributed by atoms with Gasteiger partial charge in [0.2, 0.25) is 0 Å². The maximum Gasteiger partial charge on any atom is 0.256 e. The minimum absolute atomic E-state index is 0. The van der Waals surface area contributed by atoms with Gasteiger partial charge in [-0.3, -0.25) is 4.79 Å². The Labute approximate surface area is 189 Å². The van der Waals surface area contributed by atoms with Gasteiger partial charge in [0.1, 0.15) is 11.6 Å². The zero-order valence-corrected chi connectivity index (χ0v) is 18.6. The summed E-state index contributed by atoms with van der Waals surface area (Å²) in [6.45, 7) is 4.00. The zero-order chi connectivity index (χ0) is 19.3. The van der Waals surface area contributed by atoms with Crippen molar-refractivity contribution in [2.24, 2.45) is 0 Å². The van der Waals surface area contributed by atoms with Crippen LogP contribution in [0.25, 0.3) is 0 Å². The van der Waals surface area contributed by atoms with Gasteiger partial charge in [-0.25, -0.2) is 9.37 Å². The fourth-order valence-electron chi connectivity index (χ4n) is 4.12. The predicted molar refractivity (Wildman–Crippen MR) is 122 cm³/mol. The number of carbonyl (C=O) groups excluding carboxylic acids is 1. The van der Waals surface area contributed by atoms with E-state index in [1.165, 1.54) is 37.8 Å². The summed E-state index contributed by atoms with van der Waals surface area (Å²) in [7, 11) is 0. The Bertz CT molecular complexity index is 813. The van der Waals surface area contributed by atoms with E-state index in [9.17, 15) is 9.18 Å². The van der Waals surface area contributed by atoms with E-state index in [1.807, 2.05) is 23.1 Å². The lowest BCUT2D eigenvalue weighted by atomic mass is 10.0. The Morgan fingerprint density at radius 2 is 1.80 bits per heavy atom. The molecule has 2 aliphatic rings. The second-order valence-corrected chi connectivity index (χ2v) is 7.58. The van der Waals surface area contributed by atoms with Gasteiger partial charge in [-0.1, -0.05) is 25.0 Å². The number of rotatable bonds is 3. The summed E-state index contributed by atoms with van der Waals surface area (Å²) in [5.41, 5.74) is 1.40. The average molecular weight is 455 g/mol. The summed E-state index contributed by atoms with van der Waals surface area (Å²) in [5, 5.41) is 3.31. The van der Waals surface area contributed by atoms with Gasteiger partial charge in [0, 0.05) is 38.9 Å². The fraction of sp³-hybridized carbons (Fsp3) is 0.455. The first kappa shape index (κ1) is 24.4. The number of pyridine rings is 1. The van der Waals surface area contributed by atoms with E-state index in [4.69, 9.17) is 0 Å². The molecule has 3 heterocycles. The second kappa shape index (κ2) is 11.5. The molecule has 164 valence electrons. The molecule has 30 heavy (non-hydrogen) atoms. The van der Waals surface area contributed by atoms with Crippen LogP contribution in [0.4, 0.5) is 10.2 Å². The van der Waals surface area contributed by atoms with Crippen molar-refractivity contribution < 1.29 is 9.18 Å². The van der Waals surface area contributed by atoms with E-state index < -0.39 is 0 Å². The van der Waals surface area contributed by atoms with Crippen LogP contribution in [-0.4, -0.2) is 48.5 Å². The van der Waals surface area contributed by atoms with Crippen LogP contribution in [0, 0.1) is 5.82 Å². The minimum atomic E-state index is -0.279. The zero-order valence-electron chi connectivity index (χ0n) is 16.9. The molecule has 1 aromatic heterocycles. The molecule has 8 heteroatoms. The molecule has 2 aromatic rings. The van der Waals surface area contributed by atoms with Gasteiger partial charge in [-0.15, -0.1) is 24.8 Å². The van der Waals surface area contributed by atoms with E-state index in [1.54, 1.807) is 12.3 Å². The normalized spacial score (nSPS) is 19.3. The Balaban J connectivity index is 0.00000160. The number of aromatic nitrogens is 1. The highest BCUT2D eigenvalue weighted by Gasteiger charge is 2.29. The number of benzene rings is 1. The molecule has 1 atom stereocenters. The van der Waals surface area contributed by atoms with Gasteiger partial charge >= 0.3 is 0 Å². The molecule has 2 aliphatic heterocycles. The van der Waals surface area contributed by atoms with Crippen LogP contribution < -0.4 is 10.2 Å². The number of nitrogens with zero attached hydrogens (tertiary/aromatic N) is 3. The molecule has 1 aromatic carbocycles. The van der Waals surface area contributed by atoms with Gasteiger partial charge in [0.25, 0.3) is 5.91 Å². The van der Waals surface area contributed by atoms with E-state index in [-0.39, 0.29) is 42.6 Å². The molecular formula is C22H29Cl2FN4O. The highest BCUT2D eigenvalue weighted by Crippen LogP contribution is 2.25. The number of carbonyl (C=O) groups is 1. The molecule has 5 nitrogen and oxygen atoms in total. The summed E-state index contributed by atoms with van der Waals surface area (Å²) in [6, 6.07) is 10.2. The Morgan fingerprint density at radius 1 is 1.03 bits per heavy atom. The Hall–Kier alpha value is -1.89. The van der Waals surface area contributed by atoms with E-state index in [0.29, 0.717) is 18.7 Å². The summed E-state index contributed by atoms with van der Waals surface area (Å²) in [5.74, 6) is 0.616. The molecule has 4 rings (SSSR count). The fourth-order valence-corrected chi connectivity index (χ4v) is 4.12. The standard InChI is InChI=1S/C22H27FN4O.2ClH/c23-19-7-5-6-17(14-19)20-16-24-10-13-27(20)22(28)18-8-9-21(25-15-18)26-11-3-1-2-4-12-26;;/h5-9,14-15,20,24H,1-4,10-13,16H2;2*1H. The topological polar surface area (TPSA) is 48.5 Å². The largest absolute Gasteiger partial charge is 0.357 e. The van der Waals surface area contributed by atoms with Crippen molar-refractivity contribution in [2.75, 3.05) is 37.6 Å². The van der Waals surface area contributed by atoms with Crippen molar-refractivity contribution in [3.05, 3.63) is 59.5 Å². The third-order valence-electron chi connectivity index (χ3n) is 5.66. The van der Waals surface area contributed by atoms with Crippen LogP contribution in [0.2, 0.25) is 0 Å². The van der Waals surface area contributed by atoms with Gasteiger partial charge in [-0.05, 0) is 42.7 Å². The second-order valence-electron chi connectivity index (χ2n) is 7.58. The number of halogens is 3. The highest BCUT2D eigenvalue weighted by molar-refractivity contribution is 5.94. The number of hydrogen-bond acceptors (Lipinski definition) is 4. The van der Waals surface area contributed by atoms with Crippen molar-refractivity contribution in [3.63, 3.8) is 0 Å². The van der Waals surface area contributed by atoms with Gasteiger partial charge < -0.3 is 15.1 Å². The van der Waals surface area contributed by atoms with Gasteiger partial charge in [-0.2, -0.15) is 0 Å². The van der Waals surface area contributed by atoms with E-state index >= 15 is 0 Å². The molecule has 0 bridgehead atoms. The number of piperazine rings is 1. The maximum absolute atomic E-state index is 13.7. The third kappa shape index (κ3) is 5.62. The minimum Gasteiger partial charge on any atom is -0.357 e. The summed E-state index contributed by atoms with van der Waals surface area (Å²) >= 11 is 0. The lowest BCUT2D eigenvalue weighted by Crippen LogP contribution is -2.48. The summed E-state index contributed by atoms with van der Waals surface area (Å²) < 4.78 is 13.7. The summed E-state index contributed by atoms with van der Waals surface area (Å²) in [6.07, 6.45) is 6.62. The predicted octanol–water partition coefficient (Wildman–Crippen LogP) is 4.23. The molecule has 0 radical (unpaired) electrons. The molecule has 0 saturated carbocycles. The van der Waals surface area contributed by atoms with Crippen molar-refractivity contribution in [2.45, 2.75) is 31.7 Å². The van der Waals surface area contributed by atoms with E-state index in [2.05, 4.69) is 15.2 Å². The molecule has 2 saturated heterocycles.